The predicted molar refractivity (Wildman–Crippen MR) is 103 cm³/mol. The number of nitrogens with one attached hydrogen (secondary N) is 1. The number of hydrogen-bond donors (Lipinski definition) is 2. The second kappa shape index (κ2) is 6.81. The first-order valence-electron chi connectivity index (χ1n) is 9.00. The van der Waals surface area contributed by atoms with Crippen LogP contribution < -0.4 is 10.2 Å². The van der Waals surface area contributed by atoms with Crippen LogP contribution in [0.2, 0.25) is 0 Å². The zero-order valence-electron chi connectivity index (χ0n) is 14.4. The van der Waals surface area contributed by atoms with Crippen LogP contribution in [0.25, 0.3) is 11.1 Å². The van der Waals surface area contributed by atoms with Gasteiger partial charge < -0.3 is 10.4 Å². The molecule has 1 aromatic carbocycles. The first kappa shape index (κ1) is 16.6. The maximum Gasteiger partial charge on any atom is 0.411 e. The van der Waals surface area contributed by atoms with E-state index < -0.39 is 6.09 Å². The molecule has 5 heteroatoms. The second-order valence-corrected chi connectivity index (χ2v) is 8.18. The Kier molecular flexibility index (Phi) is 4.52. The van der Waals surface area contributed by atoms with Crippen LogP contribution in [0.5, 0.6) is 0 Å². The number of piperidine rings is 1. The Morgan fingerprint density at radius 3 is 2.68 bits per heavy atom. The van der Waals surface area contributed by atoms with Crippen LogP contribution in [0.15, 0.2) is 35.0 Å². The van der Waals surface area contributed by atoms with E-state index in [1.807, 2.05) is 18.4 Å². The Hall–Kier alpha value is -1.85. The van der Waals surface area contributed by atoms with E-state index in [-0.39, 0.29) is 0 Å². The number of anilines is 1. The molecule has 3 atom stereocenters. The fraction of sp³-hybridized carbons (Fsp3) is 0.450. The highest BCUT2D eigenvalue weighted by molar-refractivity contribution is 7.08. The minimum absolute atomic E-state index is 0.436. The Morgan fingerprint density at radius 2 is 2.04 bits per heavy atom. The summed E-state index contributed by atoms with van der Waals surface area (Å²) in [6, 6.07) is 9.33. The van der Waals surface area contributed by atoms with Crippen molar-refractivity contribution in [1.82, 2.24) is 5.32 Å². The summed E-state index contributed by atoms with van der Waals surface area (Å²) in [5.41, 5.74) is 4.00. The molecule has 3 heterocycles. The van der Waals surface area contributed by atoms with Crippen LogP contribution in [-0.2, 0) is 0 Å². The third-order valence-electron chi connectivity index (χ3n) is 5.52. The van der Waals surface area contributed by atoms with Gasteiger partial charge in [0, 0.05) is 24.2 Å². The zero-order chi connectivity index (χ0) is 17.4. The molecule has 2 aromatic rings. The normalized spacial score (nSPS) is 25.1. The largest absolute Gasteiger partial charge is 0.465 e. The standard InChI is InChI=1S/C20H24N2O2S/c1-13-2-5-18(15-6-7-25-12-15)19(8-13)22(20(23)24)11-14-9-16-3-4-17(10-14)21-16/h2,5-8,12,14,16-17,21H,3-4,9-11H2,1H3,(H,23,24)/t14?,16-,17+. The highest BCUT2D eigenvalue weighted by Crippen LogP contribution is 2.36. The molecule has 25 heavy (non-hydrogen) atoms. The number of nitrogens with zero attached hydrogens (tertiary/aromatic N) is 1. The van der Waals surface area contributed by atoms with Gasteiger partial charge in [-0.05, 0) is 72.5 Å². The van der Waals surface area contributed by atoms with E-state index in [1.165, 1.54) is 12.8 Å². The summed E-state index contributed by atoms with van der Waals surface area (Å²) in [5.74, 6) is 0.436. The van der Waals surface area contributed by atoms with Crippen molar-refractivity contribution in [3.05, 3.63) is 40.6 Å². The maximum absolute atomic E-state index is 12.1. The summed E-state index contributed by atoms with van der Waals surface area (Å²) in [4.78, 5) is 13.7. The van der Waals surface area contributed by atoms with Crippen LogP contribution in [0.4, 0.5) is 10.5 Å². The van der Waals surface area contributed by atoms with Gasteiger partial charge in [0.05, 0.1) is 5.69 Å². The van der Waals surface area contributed by atoms with Crippen molar-refractivity contribution < 1.29 is 9.90 Å². The fourth-order valence-electron chi connectivity index (χ4n) is 4.39. The van der Waals surface area contributed by atoms with Crippen LogP contribution in [-0.4, -0.2) is 29.8 Å². The van der Waals surface area contributed by atoms with Gasteiger partial charge in [0.15, 0.2) is 0 Å². The van der Waals surface area contributed by atoms with Gasteiger partial charge in [-0.3, -0.25) is 4.90 Å². The van der Waals surface area contributed by atoms with Crippen LogP contribution >= 0.6 is 11.3 Å². The minimum atomic E-state index is -0.854. The van der Waals surface area contributed by atoms with Gasteiger partial charge in [-0.15, -0.1) is 0 Å². The number of hydrogen-bond acceptors (Lipinski definition) is 3. The Morgan fingerprint density at radius 1 is 1.28 bits per heavy atom. The van der Waals surface area contributed by atoms with Crippen molar-refractivity contribution in [3.8, 4) is 11.1 Å². The maximum atomic E-state index is 12.1. The van der Waals surface area contributed by atoms with E-state index in [0.717, 1.165) is 35.2 Å². The molecule has 0 aliphatic carbocycles. The number of fused-ring (bicyclic) bond motifs is 2. The first-order chi connectivity index (χ1) is 12.1. The van der Waals surface area contributed by atoms with E-state index in [2.05, 4.69) is 28.9 Å². The molecular weight excluding hydrogens is 332 g/mol. The van der Waals surface area contributed by atoms with Crippen molar-refractivity contribution in [2.75, 3.05) is 11.4 Å². The van der Waals surface area contributed by atoms with Crippen LogP contribution in [0, 0.1) is 12.8 Å². The molecule has 4 nitrogen and oxygen atoms in total. The van der Waals surface area contributed by atoms with Gasteiger partial charge in [-0.25, -0.2) is 4.79 Å². The number of aryl methyl sites for hydroxylation is 1. The van der Waals surface area contributed by atoms with Crippen molar-refractivity contribution in [2.45, 2.75) is 44.7 Å². The number of amides is 1. The lowest BCUT2D eigenvalue weighted by molar-refractivity contribution is 0.198. The van der Waals surface area contributed by atoms with Gasteiger partial charge in [0.2, 0.25) is 0 Å². The Labute approximate surface area is 152 Å². The molecule has 0 spiro atoms. The molecule has 1 aromatic heterocycles. The molecule has 1 amide bonds. The minimum Gasteiger partial charge on any atom is -0.465 e. The lowest BCUT2D eigenvalue weighted by Gasteiger charge is -2.33. The monoisotopic (exact) mass is 356 g/mol. The van der Waals surface area contributed by atoms with Gasteiger partial charge in [0.1, 0.15) is 0 Å². The number of rotatable bonds is 4. The van der Waals surface area contributed by atoms with Crippen molar-refractivity contribution in [3.63, 3.8) is 0 Å². The quantitative estimate of drug-likeness (QED) is 0.832. The molecule has 2 aliphatic rings. The third kappa shape index (κ3) is 3.44. The highest BCUT2D eigenvalue weighted by atomic mass is 32.1. The summed E-state index contributed by atoms with van der Waals surface area (Å²) >= 11 is 1.64. The number of benzene rings is 1. The number of thiophene rings is 1. The Balaban J connectivity index is 1.65. The van der Waals surface area contributed by atoms with Gasteiger partial charge in [-0.2, -0.15) is 11.3 Å². The number of carbonyl (C=O) groups is 1. The molecule has 2 aliphatic heterocycles. The lowest BCUT2D eigenvalue weighted by atomic mass is 9.91. The van der Waals surface area contributed by atoms with E-state index in [0.29, 0.717) is 24.5 Å². The van der Waals surface area contributed by atoms with Crippen molar-refractivity contribution in [1.29, 1.82) is 0 Å². The summed E-state index contributed by atoms with van der Waals surface area (Å²) in [7, 11) is 0. The molecule has 2 saturated heterocycles. The van der Waals surface area contributed by atoms with E-state index in [4.69, 9.17) is 0 Å². The first-order valence-corrected chi connectivity index (χ1v) is 9.94. The van der Waals surface area contributed by atoms with Gasteiger partial charge in [-0.1, -0.05) is 12.1 Å². The smallest absolute Gasteiger partial charge is 0.411 e. The molecule has 4 rings (SSSR count). The third-order valence-corrected chi connectivity index (χ3v) is 6.20. The van der Waals surface area contributed by atoms with Gasteiger partial charge in [0.25, 0.3) is 0 Å². The molecule has 1 unspecified atom stereocenters. The summed E-state index contributed by atoms with van der Waals surface area (Å²) in [5, 5.41) is 17.7. The molecule has 132 valence electrons. The average molecular weight is 356 g/mol. The van der Waals surface area contributed by atoms with Crippen LogP contribution in [0.3, 0.4) is 0 Å². The summed E-state index contributed by atoms with van der Waals surface area (Å²) < 4.78 is 0. The summed E-state index contributed by atoms with van der Waals surface area (Å²) in [6.45, 7) is 2.61. The molecule has 0 saturated carbocycles. The van der Waals surface area contributed by atoms with Crippen molar-refractivity contribution in [2.24, 2.45) is 5.92 Å². The van der Waals surface area contributed by atoms with E-state index in [9.17, 15) is 9.90 Å². The van der Waals surface area contributed by atoms with Crippen molar-refractivity contribution >= 4 is 23.1 Å². The Bertz CT molecular complexity index is 747. The van der Waals surface area contributed by atoms with E-state index >= 15 is 0 Å². The van der Waals surface area contributed by atoms with E-state index in [1.54, 1.807) is 16.2 Å². The zero-order valence-corrected chi connectivity index (χ0v) is 15.3. The second-order valence-electron chi connectivity index (χ2n) is 7.40. The lowest BCUT2D eigenvalue weighted by Crippen LogP contribution is -2.43. The average Bonchev–Trinajstić information content (AvgIpc) is 3.22. The topological polar surface area (TPSA) is 52.6 Å². The molecule has 0 radical (unpaired) electrons. The molecule has 2 fully saturated rings. The SMILES string of the molecule is Cc1ccc(-c2ccsc2)c(N(CC2C[C@H]3CC[C@@H](C2)N3)C(=O)O)c1. The summed E-state index contributed by atoms with van der Waals surface area (Å²) in [6.07, 6.45) is 3.78. The fourth-order valence-corrected chi connectivity index (χ4v) is 5.04. The van der Waals surface area contributed by atoms with Gasteiger partial charge >= 0.3 is 6.09 Å². The predicted octanol–water partition coefficient (Wildman–Crippen LogP) is 4.74. The molecular formula is C20H24N2O2S. The molecule has 2 bridgehead atoms. The molecule has 2 N–H and O–H groups in total. The highest BCUT2D eigenvalue weighted by Gasteiger charge is 2.35. The number of carboxylic acid groups (broad SMARTS) is 1. The van der Waals surface area contributed by atoms with Crippen LogP contribution in [0.1, 0.15) is 31.2 Å².